The zero-order valence-electron chi connectivity index (χ0n) is 52.4. The maximum Gasteiger partial charge on any atom is 0.245 e. The van der Waals surface area contributed by atoms with Crippen molar-refractivity contribution in [1.29, 1.82) is 0 Å². The van der Waals surface area contributed by atoms with E-state index in [-0.39, 0.29) is 18.4 Å². The Labute approximate surface area is 483 Å². The quantitative estimate of drug-likeness (QED) is 0.0326. The molecule has 0 aliphatic carbocycles. The number of unbranched alkanes of at least 4 members (excludes halogenated alkanes) is 32. The fourth-order valence-corrected chi connectivity index (χ4v) is 12.0. The fourth-order valence-electron chi connectivity index (χ4n) is 12.0. The lowest BCUT2D eigenvalue weighted by molar-refractivity contribution is -0.151. The molecule has 0 spiro atoms. The second kappa shape index (κ2) is 53.7. The minimum Gasteiger partial charge on any atom is -0.392 e. The molecule has 1 aliphatic heterocycles. The predicted octanol–water partition coefficient (Wildman–Crippen LogP) is 15.1. The lowest BCUT2D eigenvalue weighted by Crippen LogP contribution is -2.64. The first-order chi connectivity index (χ1) is 38.0. The van der Waals surface area contributed by atoms with Crippen molar-refractivity contribution in [3.8, 4) is 0 Å². The minimum atomic E-state index is -0.696. The monoisotopic (exact) mass is 1110 g/mol. The van der Waals surface area contributed by atoms with Gasteiger partial charge in [-0.15, -0.1) is 0 Å². The summed E-state index contributed by atoms with van der Waals surface area (Å²) in [6.07, 6.45) is 47.1. The van der Waals surface area contributed by atoms with Crippen LogP contribution >= 0.6 is 0 Å². The number of aliphatic hydroxyl groups is 5. The summed E-state index contributed by atoms with van der Waals surface area (Å²) in [4.78, 5) is 34.8. The van der Waals surface area contributed by atoms with Crippen molar-refractivity contribution >= 4 is 11.8 Å². The number of nitrogens with one attached hydrogen (secondary N) is 1. The topological polar surface area (TPSA) is 157 Å². The third-order valence-electron chi connectivity index (χ3n) is 17.0. The van der Waals surface area contributed by atoms with Crippen LogP contribution in [0.2, 0.25) is 0 Å². The molecular weight excluding hydrogens is 973 g/mol. The fraction of sp³-hybridized carbons (Fsp3) is 0.970. The molecule has 1 saturated heterocycles. The average Bonchev–Trinajstić information content (AvgIpc) is 3.44. The Hall–Kier alpha value is -1.34. The van der Waals surface area contributed by atoms with Crippen molar-refractivity contribution < 1.29 is 35.1 Å². The summed E-state index contributed by atoms with van der Waals surface area (Å²) in [5.41, 5.74) is 0. The smallest absolute Gasteiger partial charge is 0.245 e. The minimum absolute atomic E-state index is 0.103. The van der Waals surface area contributed by atoms with Crippen molar-refractivity contribution in [2.24, 2.45) is 0 Å². The molecule has 0 radical (unpaired) electrons. The second-order valence-electron chi connectivity index (χ2n) is 24.9. The predicted molar refractivity (Wildman–Crippen MR) is 331 cm³/mol. The molecule has 2 amide bonds. The van der Waals surface area contributed by atoms with Gasteiger partial charge in [0, 0.05) is 32.7 Å². The summed E-state index contributed by atoms with van der Waals surface area (Å²) in [5, 5.41) is 59.4. The van der Waals surface area contributed by atoms with Gasteiger partial charge in [-0.1, -0.05) is 259 Å². The van der Waals surface area contributed by atoms with Crippen LogP contribution in [-0.2, 0) is 9.59 Å². The molecule has 11 nitrogen and oxygen atoms in total. The Morgan fingerprint density at radius 3 is 0.936 bits per heavy atom. The van der Waals surface area contributed by atoms with Crippen molar-refractivity contribution in [1.82, 2.24) is 20.0 Å². The van der Waals surface area contributed by atoms with E-state index in [4.69, 9.17) is 0 Å². The lowest BCUT2D eigenvalue weighted by Gasteiger charge is -2.40. The molecule has 1 fully saturated rings. The van der Waals surface area contributed by atoms with Gasteiger partial charge in [-0.2, -0.15) is 0 Å². The Balaban J connectivity index is 3.03. The Morgan fingerprint density at radius 2 is 0.628 bits per heavy atom. The van der Waals surface area contributed by atoms with Crippen molar-refractivity contribution in [3.05, 3.63) is 0 Å². The summed E-state index contributed by atoms with van der Waals surface area (Å²) in [6.45, 7) is 14.9. The van der Waals surface area contributed by atoms with Gasteiger partial charge < -0.3 is 35.7 Å². The molecule has 1 aliphatic rings. The highest BCUT2D eigenvalue weighted by atomic mass is 16.3. The number of amides is 2. The average molecular weight is 1110 g/mol. The van der Waals surface area contributed by atoms with Crippen LogP contribution in [0, 0.1) is 0 Å². The first kappa shape index (κ1) is 74.7. The Kier molecular flexibility index (Phi) is 51.4. The molecule has 7 atom stereocenters. The zero-order valence-corrected chi connectivity index (χ0v) is 52.4. The molecule has 0 saturated carbocycles. The van der Waals surface area contributed by atoms with E-state index in [0.29, 0.717) is 65.0 Å². The van der Waals surface area contributed by atoms with Crippen LogP contribution in [0.5, 0.6) is 0 Å². The zero-order chi connectivity index (χ0) is 57.1. The van der Waals surface area contributed by atoms with Crippen LogP contribution in [-0.4, -0.2) is 140 Å². The van der Waals surface area contributed by atoms with Gasteiger partial charge in [-0.05, 0) is 83.7 Å². The number of piperazine rings is 1. The Morgan fingerprint density at radius 1 is 0.359 bits per heavy atom. The van der Waals surface area contributed by atoms with Gasteiger partial charge in [0.1, 0.15) is 12.1 Å². The SMILES string of the molecule is CCCCCCCCCC(O)CN(CCCCC1NC(=O)C(CCCCN(CC(O)CCCCCCCCC)CC(O)CCCCCCCCC)N(CC(O)CCCCCCCCC)C1=O)CC(O)CCCCCCCCC. The van der Waals surface area contributed by atoms with Crippen LogP contribution in [0.4, 0.5) is 0 Å². The highest BCUT2D eigenvalue weighted by molar-refractivity contribution is 5.97. The van der Waals surface area contributed by atoms with Gasteiger partial charge in [-0.3, -0.25) is 19.4 Å². The summed E-state index contributed by atoms with van der Waals surface area (Å²) < 4.78 is 0. The number of hydrogen-bond acceptors (Lipinski definition) is 9. The number of nitrogens with zero attached hydrogens (tertiary/aromatic N) is 3. The van der Waals surface area contributed by atoms with E-state index < -0.39 is 42.6 Å². The molecule has 0 aromatic heterocycles. The highest BCUT2D eigenvalue weighted by Gasteiger charge is 2.40. The number of hydrogen-bond donors (Lipinski definition) is 6. The summed E-state index contributed by atoms with van der Waals surface area (Å²) >= 11 is 0. The van der Waals surface area contributed by atoms with E-state index in [1.165, 1.54) is 154 Å². The van der Waals surface area contributed by atoms with Gasteiger partial charge in [0.25, 0.3) is 0 Å². The number of β-amino-alcohol motifs (C(OH)–C–C–N with tert-alkyl or cyclic N) is 1. The normalized spacial score (nSPS) is 17.1. The van der Waals surface area contributed by atoms with Crippen molar-refractivity contribution in [3.63, 3.8) is 0 Å². The number of carbonyl (C=O) groups is 2. The first-order valence-corrected chi connectivity index (χ1v) is 34.4. The highest BCUT2D eigenvalue weighted by Crippen LogP contribution is 2.23. The van der Waals surface area contributed by atoms with Gasteiger partial charge in [0.15, 0.2) is 0 Å². The van der Waals surface area contributed by atoms with Gasteiger partial charge >= 0.3 is 0 Å². The van der Waals surface area contributed by atoms with E-state index >= 15 is 0 Å². The van der Waals surface area contributed by atoms with Gasteiger partial charge in [0.05, 0.1) is 30.5 Å². The third kappa shape index (κ3) is 42.5. The van der Waals surface area contributed by atoms with Crippen LogP contribution < -0.4 is 5.32 Å². The van der Waals surface area contributed by atoms with Gasteiger partial charge in [0.2, 0.25) is 11.8 Å². The van der Waals surface area contributed by atoms with Crippen LogP contribution in [0.3, 0.4) is 0 Å². The van der Waals surface area contributed by atoms with E-state index in [0.717, 1.165) is 116 Å². The van der Waals surface area contributed by atoms with E-state index in [9.17, 15) is 35.1 Å². The van der Waals surface area contributed by atoms with Crippen LogP contribution in [0.25, 0.3) is 0 Å². The molecule has 0 aromatic carbocycles. The van der Waals surface area contributed by atoms with Crippen molar-refractivity contribution in [2.45, 2.75) is 373 Å². The van der Waals surface area contributed by atoms with Crippen LogP contribution in [0.1, 0.15) is 330 Å². The first-order valence-electron chi connectivity index (χ1n) is 34.4. The van der Waals surface area contributed by atoms with E-state index in [2.05, 4.69) is 49.7 Å². The van der Waals surface area contributed by atoms with Gasteiger partial charge in [-0.25, -0.2) is 0 Å². The van der Waals surface area contributed by atoms with E-state index in [1.54, 1.807) is 4.90 Å². The largest absolute Gasteiger partial charge is 0.392 e. The maximum atomic E-state index is 14.5. The molecule has 7 unspecified atom stereocenters. The third-order valence-corrected chi connectivity index (χ3v) is 17.0. The lowest BCUT2D eigenvalue weighted by atomic mass is 9.97. The molecule has 1 heterocycles. The number of carbonyl (C=O) groups excluding carboxylic acids is 2. The number of aliphatic hydroxyl groups excluding tert-OH is 5. The molecule has 78 heavy (non-hydrogen) atoms. The summed E-state index contributed by atoms with van der Waals surface area (Å²) in [6, 6.07) is -1.30. The molecule has 464 valence electrons. The summed E-state index contributed by atoms with van der Waals surface area (Å²) in [7, 11) is 0. The molecule has 11 heteroatoms. The Bertz CT molecular complexity index is 1260. The standard InChI is InChI=1S/C67H134N4O7/c1-6-11-16-21-26-31-36-45-59(72)54-69(55-60(73)46-37-32-27-22-17-12-7-2)52-43-41-50-64-67(78)71(58-63(76)49-40-35-30-25-20-15-10-5)65(66(77)68-64)51-42-44-53-70(56-61(74)47-38-33-28-23-18-13-8-3)57-62(75)48-39-34-29-24-19-14-9-4/h59-65,72-76H,6-58H2,1-5H3,(H,68,77). The van der Waals surface area contributed by atoms with Crippen LogP contribution in [0.15, 0.2) is 0 Å². The van der Waals surface area contributed by atoms with Crippen molar-refractivity contribution in [2.75, 3.05) is 45.8 Å². The number of rotatable bonds is 60. The molecule has 0 aromatic rings. The second-order valence-corrected chi connectivity index (χ2v) is 24.9. The molecule has 1 rings (SSSR count). The van der Waals surface area contributed by atoms with E-state index in [1.807, 2.05) is 0 Å². The molecule has 0 bridgehead atoms. The molecular formula is C67H134N4O7. The maximum absolute atomic E-state index is 14.5. The molecule has 6 N–H and O–H groups in total. The summed E-state index contributed by atoms with van der Waals surface area (Å²) in [5.74, 6) is -0.243.